The first-order valence-corrected chi connectivity index (χ1v) is 12.2. The summed E-state index contributed by atoms with van der Waals surface area (Å²) in [4.78, 5) is 39.5. The van der Waals surface area contributed by atoms with Crippen molar-refractivity contribution < 1.29 is 23.9 Å². The van der Waals surface area contributed by atoms with E-state index in [1.165, 1.54) is 6.08 Å². The number of nitrogens with zero attached hydrogens (tertiary/aromatic N) is 1. The molecule has 1 aliphatic heterocycles. The van der Waals surface area contributed by atoms with Crippen molar-refractivity contribution >= 4 is 45.5 Å². The van der Waals surface area contributed by atoms with Crippen molar-refractivity contribution in [2.45, 2.75) is 27.4 Å². The average molecular weight is 549 g/mol. The monoisotopic (exact) mass is 548 g/mol. The number of carbonyl (C=O) groups excluding carboxylic acids is 3. The van der Waals surface area contributed by atoms with E-state index in [0.29, 0.717) is 36.0 Å². The molecule has 0 spiro atoms. The molecular weight excluding hydrogens is 524 g/mol. The Morgan fingerprint density at radius 2 is 1.69 bits per heavy atom. The third-order valence-corrected chi connectivity index (χ3v) is 6.33. The number of anilines is 1. The standard InChI is InChI=1S/C28H25BrN2O5/c1-4-35-25-15-20(10-13-24(25)36-16-19-8-11-21(29)12-9-19)14-22-26(32)30-28(34)31(27(22)33)23-7-5-6-17(2)18(23)3/h5-15H,4,16H2,1-3H3,(H,30,32,34)/b22-14+. The van der Waals surface area contributed by atoms with Crippen LogP contribution in [0.1, 0.15) is 29.2 Å². The van der Waals surface area contributed by atoms with Crippen molar-refractivity contribution in [3.8, 4) is 11.5 Å². The minimum Gasteiger partial charge on any atom is -0.490 e. The number of amides is 4. The molecule has 3 aromatic rings. The molecule has 0 radical (unpaired) electrons. The number of barbiturate groups is 1. The summed E-state index contributed by atoms with van der Waals surface area (Å²) < 4.78 is 12.7. The van der Waals surface area contributed by atoms with Gasteiger partial charge in [0.05, 0.1) is 12.3 Å². The molecule has 0 atom stereocenters. The summed E-state index contributed by atoms with van der Waals surface area (Å²) in [5.74, 6) is -0.422. The summed E-state index contributed by atoms with van der Waals surface area (Å²) in [5, 5.41) is 2.27. The summed E-state index contributed by atoms with van der Waals surface area (Å²) >= 11 is 3.42. The van der Waals surface area contributed by atoms with E-state index in [0.717, 1.165) is 26.1 Å². The molecule has 1 N–H and O–H groups in total. The fourth-order valence-corrected chi connectivity index (χ4v) is 4.03. The van der Waals surface area contributed by atoms with Gasteiger partial charge in [0.15, 0.2) is 11.5 Å². The zero-order chi connectivity index (χ0) is 25.8. The Bertz CT molecular complexity index is 1360. The molecule has 0 aliphatic carbocycles. The minimum absolute atomic E-state index is 0.151. The number of hydrogen-bond acceptors (Lipinski definition) is 5. The number of rotatable bonds is 7. The molecule has 0 unspecified atom stereocenters. The van der Waals surface area contributed by atoms with Crippen LogP contribution in [0.5, 0.6) is 11.5 Å². The Hall–Kier alpha value is -3.91. The smallest absolute Gasteiger partial charge is 0.335 e. The van der Waals surface area contributed by atoms with Crippen LogP contribution in [0.15, 0.2) is 70.7 Å². The average Bonchev–Trinajstić information content (AvgIpc) is 2.85. The zero-order valence-corrected chi connectivity index (χ0v) is 21.7. The Kier molecular flexibility index (Phi) is 7.55. The van der Waals surface area contributed by atoms with Crippen LogP contribution in [0.2, 0.25) is 0 Å². The number of ether oxygens (including phenoxy) is 2. The molecule has 36 heavy (non-hydrogen) atoms. The van der Waals surface area contributed by atoms with E-state index in [9.17, 15) is 14.4 Å². The number of hydrogen-bond donors (Lipinski definition) is 1. The van der Waals surface area contributed by atoms with Crippen LogP contribution < -0.4 is 19.7 Å². The summed E-state index contributed by atoms with van der Waals surface area (Å²) in [6.07, 6.45) is 1.45. The Balaban J connectivity index is 1.63. The molecule has 1 saturated heterocycles. The Morgan fingerprint density at radius 1 is 0.944 bits per heavy atom. The summed E-state index contributed by atoms with van der Waals surface area (Å²) in [7, 11) is 0. The molecule has 7 nitrogen and oxygen atoms in total. The number of imide groups is 2. The highest BCUT2D eigenvalue weighted by molar-refractivity contribution is 9.10. The summed E-state index contributed by atoms with van der Waals surface area (Å²) in [6, 6.07) is 17.5. The van der Waals surface area contributed by atoms with Crippen molar-refractivity contribution in [2.24, 2.45) is 0 Å². The molecule has 1 aliphatic rings. The third kappa shape index (κ3) is 5.33. The van der Waals surface area contributed by atoms with Gasteiger partial charge < -0.3 is 9.47 Å². The first kappa shape index (κ1) is 25.2. The predicted octanol–water partition coefficient (Wildman–Crippen LogP) is 5.71. The van der Waals surface area contributed by atoms with Gasteiger partial charge in [-0.2, -0.15) is 0 Å². The van der Waals surface area contributed by atoms with E-state index in [1.54, 1.807) is 30.3 Å². The first-order chi connectivity index (χ1) is 17.3. The van der Waals surface area contributed by atoms with Crippen molar-refractivity contribution in [3.63, 3.8) is 0 Å². The van der Waals surface area contributed by atoms with Crippen LogP contribution >= 0.6 is 15.9 Å². The van der Waals surface area contributed by atoms with E-state index in [-0.39, 0.29) is 5.57 Å². The molecule has 4 rings (SSSR count). The maximum Gasteiger partial charge on any atom is 0.335 e. The molecule has 1 heterocycles. The van der Waals surface area contributed by atoms with E-state index < -0.39 is 17.8 Å². The fraction of sp³-hybridized carbons (Fsp3) is 0.179. The lowest BCUT2D eigenvalue weighted by Crippen LogP contribution is -2.54. The van der Waals surface area contributed by atoms with E-state index in [1.807, 2.05) is 51.1 Å². The van der Waals surface area contributed by atoms with Gasteiger partial charge in [0.25, 0.3) is 11.8 Å². The SMILES string of the molecule is CCOc1cc(/C=C2\C(=O)NC(=O)N(c3cccc(C)c3C)C2=O)ccc1OCc1ccc(Br)cc1. The highest BCUT2D eigenvalue weighted by atomic mass is 79.9. The molecule has 4 amide bonds. The number of aryl methyl sites for hydroxylation is 1. The normalized spacial score (nSPS) is 14.7. The van der Waals surface area contributed by atoms with Crippen molar-refractivity contribution in [1.82, 2.24) is 5.32 Å². The number of urea groups is 1. The van der Waals surface area contributed by atoms with Crippen LogP contribution in [0.25, 0.3) is 6.08 Å². The van der Waals surface area contributed by atoms with Gasteiger partial charge in [0.2, 0.25) is 0 Å². The third-order valence-electron chi connectivity index (χ3n) is 5.80. The first-order valence-electron chi connectivity index (χ1n) is 11.4. The van der Waals surface area contributed by atoms with Crippen LogP contribution in [0.3, 0.4) is 0 Å². The quantitative estimate of drug-likeness (QED) is 0.302. The van der Waals surface area contributed by atoms with Gasteiger partial charge in [0, 0.05) is 4.47 Å². The second-order valence-corrected chi connectivity index (χ2v) is 9.15. The van der Waals surface area contributed by atoms with Crippen LogP contribution in [-0.2, 0) is 16.2 Å². The van der Waals surface area contributed by atoms with Crippen molar-refractivity contribution in [1.29, 1.82) is 0 Å². The van der Waals surface area contributed by atoms with Crippen molar-refractivity contribution in [3.05, 3.63) is 93.0 Å². The molecular formula is C28H25BrN2O5. The topological polar surface area (TPSA) is 84.9 Å². The van der Waals surface area contributed by atoms with Gasteiger partial charge in [-0.15, -0.1) is 0 Å². The lowest BCUT2D eigenvalue weighted by atomic mass is 10.0. The minimum atomic E-state index is -0.775. The van der Waals surface area contributed by atoms with Crippen molar-refractivity contribution in [2.75, 3.05) is 11.5 Å². The molecule has 0 aromatic heterocycles. The number of benzene rings is 3. The number of carbonyl (C=O) groups is 3. The van der Waals surface area contributed by atoms with Gasteiger partial charge >= 0.3 is 6.03 Å². The summed E-state index contributed by atoms with van der Waals surface area (Å²) in [6.45, 7) is 6.33. The summed E-state index contributed by atoms with van der Waals surface area (Å²) in [5.41, 5.74) is 3.54. The maximum absolute atomic E-state index is 13.3. The second kappa shape index (κ2) is 10.8. The second-order valence-electron chi connectivity index (χ2n) is 8.23. The van der Waals surface area contributed by atoms with Gasteiger partial charge in [0.1, 0.15) is 12.2 Å². The van der Waals surface area contributed by atoms with Gasteiger partial charge in [-0.05, 0) is 79.4 Å². The molecule has 184 valence electrons. The molecule has 8 heteroatoms. The van der Waals surface area contributed by atoms with Gasteiger partial charge in [-0.25, -0.2) is 9.69 Å². The van der Waals surface area contributed by atoms with E-state index >= 15 is 0 Å². The molecule has 0 saturated carbocycles. The zero-order valence-electron chi connectivity index (χ0n) is 20.1. The Labute approximate surface area is 217 Å². The predicted molar refractivity (Wildman–Crippen MR) is 141 cm³/mol. The van der Waals surface area contributed by atoms with Gasteiger partial charge in [-0.3, -0.25) is 14.9 Å². The maximum atomic E-state index is 13.3. The van der Waals surface area contributed by atoms with E-state index in [2.05, 4.69) is 21.2 Å². The molecule has 1 fully saturated rings. The van der Waals surface area contributed by atoms with Gasteiger partial charge in [-0.1, -0.05) is 46.3 Å². The number of halogens is 1. The van der Waals surface area contributed by atoms with E-state index in [4.69, 9.17) is 9.47 Å². The lowest BCUT2D eigenvalue weighted by molar-refractivity contribution is -0.122. The largest absolute Gasteiger partial charge is 0.490 e. The van der Waals surface area contributed by atoms with Crippen LogP contribution in [0.4, 0.5) is 10.5 Å². The fourth-order valence-electron chi connectivity index (χ4n) is 3.76. The van der Waals surface area contributed by atoms with Crippen LogP contribution in [-0.4, -0.2) is 24.5 Å². The Morgan fingerprint density at radius 3 is 2.42 bits per heavy atom. The van der Waals surface area contributed by atoms with Crippen LogP contribution in [0, 0.1) is 13.8 Å². The highest BCUT2D eigenvalue weighted by Crippen LogP contribution is 2.32. The number of nitrogens with one attached hydrogen (secondary N) is 1. The molecule has 0 bridgehead atoms. The lowest BCUT2D eigenvalue weighted by Gasteiger charge is -2.28. The molecule has 3 aromatic carbocycles. The highest BCUT2D eigenvalue weighted by Gasteiger charge is 2.37.